The number of alkyl halides is 3. The Morgan fingerprint density at radius 3 is 2.58 bits per heavy atom. The van der Waals surface area contributed by atoms with Gasteiger partial charge in [-0.15, -0.1) is 13.2 Å². The standard InChI is InChI=1S/C8H4F3IN2O5/c9-8(10,11)19-6-3(1-5(15)16)4(12)2-13-7(6)14(17)18/h2H,1H2,(H,15,16). The van der Waals surface area contributed by atoms with Crippen LogP contribution in [0, 0.1) is 13.7 Å². The average molecular weight is 392 g/mol. The van der Waals surface area contributed by atoms with Crippen LogP contribution in [0.15, 0.2) is 6.20 Å². The molecular weight excluding hydrogens is 388 g/mol. The van der Waals surface area contributed by atoms with E-state index in [-0.39, 0.29) is 3.57 Å². The Morgan fingerprint density at radius 1 is 1.58 bits per heavy atom. The van der Waals surface area contributed by atoms with Crippen LogP contribution in [-0.2, 0) is 11.2 Å². The number of nitrogens with zero attached hydrogens (tertiary/aromatic N) is 2. The highest BCUT2D eigenvalue weighted by atomic mass is 127. The first kappa shape index (κ1) is 15.4. The van der Waals surface area contributed by atoms with Crippen LogP contribution in [0.3, 0.4) is 0 Å². The number of hydrogen-bond donors (Lipinski definition) is 1. The third-order valence-electron chi connectivity index (χ3n) is 1.78. The summed E-state index contributed by atoms with van der Waals surface area (Å²) < 4.78 is 40.2. The van der Waals surface area contributed by atoms with Crippen molar-refractivity contribution < 1.29 is 32.7 Å². The molecule has 0 spiro atoms. The predicted octanol–water partition coefficient (Wildman–Crippen LogP) is 2.12. The molecule has 104 valence electrons. The third kappa shape index (κ3) is 4.18. The van der Waals surface area contributed by atoms with Gasteiger partial charge in [0.25, 0.3) is 0 Å². The molecule has 0 atom stereocenters. The van der Waals surface area contributed by atoms with Crippen molar-refractivity contribution in [3.63, 3.8) is 0 Å². The molecular formula is C8H4F3IN2O5. The van der Waals surface area contributed by atoms with Crippen molar-refractivity contribution in [1.29, 1.82) is 0 Å². The first-order valence-corrected chi connectivity index (χ1v) is 5.49. The van der Waals surface area contributed by atoms with Crippen LogP contribution in [0.1, 0.15) is 5.56 Å². The lowest BCUT2D eigenvalue weighted by molar-refractivity contribution is -0.393. The molecule has 0 aliphatic rings. The SMILES string of the molecule is O=C(O)Cc1c(I)cnc([N+](=O)[O-])c1OC(F)(F)F. The first-order valence-electron chi connectivity index (χ1n) is 4.41. The Balaban J connectivity index is 3.44. The number of hydrogen-bond acceptors (Lipinski definition) is 5. The average Bonchev–Trinajstić information content (AvgIpc) is 2.20. The molecule has 0 saturated heterocycles. The van der Waals surface area contributed by atoms with Crippen molar-refractivity contribution in [2.75, 3.05) is 0 Å². The van der Waals surface area contributed by atoms with E-state index in [9.17, 15) is 28.1 Å². The van der Waals surface area contributed by atoms with E-state index in [1.54, 1.807) is 0 Å². The summed E-state index contributed by atoms with van der Waals surface area (Å²) in [6.07, 6.45) is -5.14. The van der Waals surface area contributed by atoms with Gasteiger partial charge in [0.2, 0.25) is 5.75 Å². The van der Waals surface area contributed by atoms with E-state index in [1.807, 2.05) is 0 Å². The number of pyridine rings is 1. The summed E-state index contributed by atoms with van der Waals surface area (Å²) in [5.74, 6) is -3.84. The van der Waals surface area contributed by atoms with E-state index < -0.39 is 40.8 Å². The van der Waals surface area contributed by atoms with Crippen molar-refractivity contribution in [2.24, 2.45) is 0 Å². The van der Waals surface area contributed by atoms with Crippen LogP contribution < -0.4 is 4.74 Å². The number of rotatable bonds is 4. The molecule has 0 aliphatic carbocycles. The number of carbonyl (C=O) groups is 1. The maximum absolute atomic E-state index is 12.2. The zero-order chi connectivity index (χ0) is 14.8. The first-order chi connectivity index (χ1) is 8.61. The molecule has 11 heteroatoms. The number of carboxylic acids is 1. The molecule has 1 rings (SSSR count). The van der Waals surface area contributed by atoms with Gasteiger partial charge in [0, 0.05) is 5.56 Å². The van der Waals surface area contributed by atoms with Gasteiger partial charge in [-0.05, 0) is 32.5 Å². The molecule has 0 unspecified atom stereocenters. The number of halogens is 4. The summed E-state index contributed by atoms with van der Waals surface area (Å²) in [7, 11) is 0. The van der Waals surface area contributed by atoms with E-state index in [4.69, 9.17) is 5.11 Å². The largest absolute Gasteiger partial charge is 0.573 e. The van der Waals surface area contributed by atoms with Crippen LogP contribution in [0.2, 0.25) is 0 Å². The van der Waals surface area contributed by atoms with Crippen LogP contribution in [0.25, 0.3) is 0 Å². The van der Waals surface area contributed by atoms with E-state index in [0.29, 0.717) is 0 Å². The number of aromatic nitrogens is 1. The van der Waals surface area contributed by atoms with Crippen LogP contribution in [0.5, 0.6) is 5.75 Å². The van der Waals surface area contributed by atoms with Crippen molar-refractivity contribution in [1.82, 2.24) is 4.98 Å². The highest BCUT2D eigenvalue weighted by Gasteiger charge is 2.37. The number of nitro groups is 1. The summed E-state index contributed by atoms with van der Waals surface area (Å²) in [4.78, 5) is 23.2. The summed E-state index contributed by atoms with van der Waals surface area (Å²) >= 11 is 1.52. The van der Waals surface area contributed by atoms with E-state index in [1.165, 1.54) is 22.6 Å². The third-order valence-corrected chi connectivity index (χ3v) is 2.71. The Kier molecular flexibility index (Phi) is 4.49. The molecule has 7 nitrogen and oxygen atoms in total. The monoisotopic (exact) mass is 392 g/mol. The van der Waals surface area contributed by atoms with Crippen molar-refractivity contribution in [3.8, 4) is 5.75 Å². The Hall–Kier alpha value is -1.66. The van der Waals surface area contributed by atoms with Crippen molar-refractivity contribution in [3.05, 3.63) is 25.4 Å². The number of carboxylic acid groups (broad SMARTS) is 1. The molecule has 1 aromatic rings. The molecule has 0 radical (unpaired) electrons. The molecule has 0 amide bonds. The second-order valence-corrected chi connectivity index (χ2v) is 4.28. The quantitative estimate of drug-likeness (QED) is 0.479. The normalized spacial score (nSPS) is 11.2. The van der Waals surface area contributed by atoms with E-state index in [2.05, 4.69) is 9.72 Å². The minimum absolute atomic E-state index is 0.0184. The topological polar surface area (TPSA) is 103 Å². The molecule has 0 bridgehead atoms. The van der Waals surface area contributed by atoms with E-state index in [0.717, 1.165) is 6.20 Å². The molecule has 0 aliphatic heterocycles. The lowest BCUT2D eigenvalue weighted by atomic mass is 10.1. The predicted molar refractivity (Wildman–Crippen MR) is 61.6 cm³/mol. The molecule has 1 aromatic heterocycles. The maximum Gasteiger partial charge on any atom is 0.573 e. The van der Waals surface area contributed by atoms with Gasteiger partial charge in [-0.3, -0.25) is 4.79 Å². The number of aliphatic carboxylic acids is 1. The fourth-order valence-electron chi connectivity index (χ4n) is 1.17. The van der Waals surface area contributed by atoms with Gasteiger partial charge in [-0.1, -0.05) is 0 Å². The zero-order valence-corrected chi connectivity index (χ0v) is 10.9. The van der Waals surface area contributed by atoms with Gasteiger partial charge >= 0.3 is 18.1 Å². The van der Waals surface area contributed by atoms with E-state index >= 15 is 0 Å². The highest BCUT2D eigenvalue weighted by molar-refractivity contribution is 14.1. The van der Waals surface area contributed by atoms with Gasteiger partial charge < -0.3 is 20.0 Å². The van der Waals surface area contributed by atoms with Gasteiger partial charge in [0.05, 0.1) is 9.99 Å². The molecule has 19 heavy (non-hydrogen) atoms. The van der Waals surface area contributed by atoms with Crippen LogP contribution >= 0.6 is 22.6 Å². The molecule has 0 aromatic carbocycles. The van der Waals surface area contributed by atoms with Gasteiger partial charge in [-0.2, -0.15) is 0 Å². The smallest absolute Gasteiger partial charge is 0.481 e. The minimum atomic E-state index is -5.19. The second-order valence-electron chi connectivity index (χ2n) is 3.11. The summed E-state index contributed by atoms with van der Waals surface area (Å²) in [5.41, 5.74) is -0.452. The van der Waals surface area contributed by atoms with Crippen LogP contribution in [-0.4, -0.2) is 27.3 Å². The fraction of sp³-hybridized carbons (Fsp3) is 0.250. The Bertz CT molecular complexity index is 534. The highest BCUT2D eigenvalue weighted by Crippen LogP contribution is 2.36. The lowest BCUT2D eigenvalue weighted by Gasteiger charge is -2.12. The maximum atomic E-state index is 12.2. The van der Waals surface area contributed by atoms with Crippen molar-refractivity contribution in [2.45, 2.75) is 12.8 Å². The van der Waals surface area contributed by atoms with Crippen molar-refractivity contribution >= 4 is 34.4 Å². The lowest BCUT2D eigenvalue weighted by Crippen LogP contribution is -2.20. The Morgan fingerprint density at radius 2 is 2.16 bits per heavy atom. The molecule has 0 saturated carbocycles. The molecule has 0 fully saturated rings. The fourth-order valence-corrected chi connectivity index (χ4v) is 1.74. The number of ether oxygens (including phenoxy) is 1. The minimum Gasteiger partial charge on any atom is -0.481 e. The Labute approximate surface area is 116 Å². The summed E-state index contributed by atoms with van der Waals surface area (Å²) in [6, 6.07) is 0. The molecule has 1 heterocycles. The van der Waals surface area contributed by atoms with Gasteiger partial charge in [0.1, 0.15) is 0 Å². The summed E-state index contributed by atoms with van der Waals surface area (Å²) in [6.45, 7) is 0. The van der Waals surface area contributed by atoms with Gasteiger partial charge in [-0.25, -0.2) is 0 Å². The van der Waals surface area contributed by atoms with Gasteiger partial charge in [0.15, 0.2) is 6.20 Å². The van der Waals surface area contributed by atoms with Crippen LogP contribution in [0.4, 0.5) is 19.0 Å². The molecule has 1 N–H and O–H groups in total. The summed E-state index contributed by atoms with van der Waals surface area (Å²) in [5, 5.41) is 19.2. The zero-order valence-electron chi connectivity index (χ0n) is 8.77. The second kappa shape index (κ2) is 5.54.